The predicted molar refractivity (Wildman–Crippen MR) is 42.9 cm³/mol. The third-order valence-electron chi connectivity index (χ3n) is 2.45. The van der Waals surface area contributed by atoms with E-state index >= 15 is 0 Å². The van der Waals surface area contributed by atoms with Gasteiger partial charge in [0.1, 0.15) is 6.29 Å². The first-order valence-electron chi connectivity index (χ1n) is 4.08. The van der Waals surface area contributed by atoms with E-state index in [9.17, 15) is 9.59 Å². The lowest BCUT2D eigenvalue weighted by Crippen LogP contribution is -2.31. The number of nitrogens with one attached hydrogen (secondary N) is 1. The smallest absolute Gasteiger partial charge is 0.404 e. The minimum Gasteiger partial charge on any atom is -0.465 e. The van der Waals surface area contributed by atoms with Gasteiger partial charge in [-0.25, -0.2) is 4.79 Å². The Morgan fingerprint density at radius 3 is 2.67 bits per heavy atom. The van der Waals surface area contributed by atoms with Crippen LogP contribution in [0.2, 0.25) is 0 Å². The van der Waals surface area contributed by atoms with Gasteiger partial charge in [0.25, 0.3) is 0 Å². The molecule has 0 spiro atoms. The highest BCUT2D eigenvalue weighted by Gasteiger charge is 2.31. The highest BCUT2D eigenvalue weighted by Crippen LogP contribution is 2.29. The molecule has 0 aromatic carbocycles. The maximum Gasteiger partial charge on any atom is 0.404 e. The van der Waals surface area contributed by atoms with Crippen molar-refractivity contribution >= 4 is 12.4 Å². The van der Waals surface area contributed by atoms with Gasteiger partial charge < -0.3 is 15.2 Å². The number of carbonyl (C=O) groups excluding carboxylic acids is 1. The maximum absolute atomic E-state index is 10.5. The molecule has 2 N–H and O–H groups in total. The number of rotatable bonds is 2. The maximum atomic E-state index is 10.5. The fraction of sp³-hybridized carbons (Fsp3) is 0.750. The van der Waals surface area contributed by atoms with Gasteiger partial charge in [0.2, 0.25) is 0 Å². The molecule has 4 nitrogen and oxygen atoms in total. The van der Waals surface area contributed by atoms with Crippen molar-refractivity contribution in [3.63, 3.8) is 0 Å². The van der Waals surface area contributed by atoms with Gasteiger partial charge in [-0.3, -0.25) is 0 Å². The third kappa shape index (κ3) is 1.96. The largest absolute Gasteiger partial charge is 0.465 e. The number of hydrogen-bond donors (Lipinski definition) is 2. The fourth-order valence-corrected chi connectivity index (χ4v) is 1.76. The summed E-state index contributed by atoms with van der Waals surface area (Å²) in [4.78, 5) is 20.7. The van der Waals surface area contributed by atoms with Crippen LogP contribution < -0.4 is 5.32 Å². The summed E-state index contributed by atoms with van der Waals surface area (Å²) in [6.45, 7) is 1.97. The SMILES string of the molecule is C[C@H]1C[C@H](NC(=O)O)C[C@@H]1C=O. The van der Waals surface area contributed by atoms with E-state index in [2.05, 4.69) is 5.32 Å². The molecule has 68 valence electrons. The van der Waals surface area contributed by atoms with Crippen LogP contribution in [-0.4, -0.2) is 23.5 Å². The van der Waals surface area contributed by atoms with Gasteiger partial charge >= 0.3 is 6.09 Å². The molecule has 3 atom stereocenters. The van der Waals surface area contributed by atoms with E-state index in [4.69, 9.17) is 5.11 Å². The number of aldehydes is 1. The standard InChI is InChI=1S/C8H13NO3/c1-5-2-7(9-8(11)12)3-6(5)4-10/h4-7,9H,2-3H2,1H3,(H,11,12)/t5-,6+,7-/m0/s1. The highest BCUT2D eigenvalue weighted by atomic mass is 16.4. The van der Waals surface area contributed by atoms with Crippen molar-refractivity contribution in [2.24, 2.45) is 11.8 Å². The molecular formula is C8H13NO3. The van der Waals surface area contributed by atoms with Gasteiger partial charge in [-0.2, -0.15) is 0 Å². The molecule has 1 rings (SSSR count). The van der Waals surface area contributed by atoms with E-state index in [1.165, 1.54) is 0 Å². The van der Waals surface area contributed by atoms with Crippen molar-refractivity contribution in [3.8, 4) is 0 Å². The Morgan fingerprint density at radius 1 is 1.58 bits per heavy atom. The number of carboxylic acid groups (broad SMARTS) is 1. The molecule has 1 fully saturated rings. The van der Waals surface area contributed by atoms with E-state index in [-0.39, 0.29) is 12.0 Å². The Bertz CT molecular complexity index is 193. The zero-order valence-corrected chi connectivity index (χ0v) is 6.99. The minimum atomic E-state index is -1.00. The van der Waals surface area contributed by atoms with E-state index in [1.807, 2.05) is 6.92 Å². The summed E-state index contributed by atoms with van der Waals surface area (Å²) < 4.78 is 0. The van der Waals surface area contributed by atoms with Crippen LogP contribution in [0.4, 0.5) is 4.79 Å². The number of amides is 1. The first-order chi connectivity index (χ1) is 5.63. The van der Waals surface area contributed by atoms with Crippen LogP contribution in [0.3, 0.4) is 0 Å². The summed E-state index contributed by atoms with van der Waals surface area (Å²) in [5.41, 5.74) is 0. The Balaban J connectivity index is 2.42. The summed E-state index contributed by atoms with van der Waals surface area (Å²) in [7, 11) is 0. The van der Waals surface area contributed by atoms with E-state index in [1.54, 1.807) is 0 Å². The van der Waals surface area contributed by atoms with Crippen molar-refractivity contribution in [2.75, 3.05) is 0 Å². The van der Waals surface area contributed by atoms with E-state index < -0.39 is 6.09 Å². The molecule has 0 aliphatic heterocycles. The molecule has 0 radical (unpaired) electrons. The summed E-state index contributed by atoms with van der Waals surface area (Å²) in [6, 6.07) is -0.0345. The van der Waals surface area contributed by atoms with Crippen molar-refractivity contribution in [3.05, 3.63) is 0 Å². The van der Waals surface area contributed by atoms with Crippen LogP contribution in [0, 0.1) is 11.8 Å². The molecule has 0 unspecified atom stereocenters. The van der Waals surface area contributed by atoms with E-state index in [0.717, 1.165) is 12.7 Å². The molecule has 1 saturated carbocycles. The molecule has 1 amide bonds. The van der Waals surface area contributed by atoms with Crippen LogP contribution in [0.25, 0.3) is 0 Å². The first kappa shape index (κ1) is 9.03. The quantitative estimate of drug-likeness (QED) is 0.606. The zero-order chi connectivity index (χ0) is 9.14. The van der Waals surface area contributed by atoms with Crippen molar-refractivity contribution < 1.29 is 14.7 Å². The number of carbonyl (C=O) groups is 2. The van der Waals surface area contributed by atoms with Gasteiger partial charge in [0.05, 0.1) is 0 Å². The molecule has 0 aromatic heterocycles. The Hall–Kier alpha value is -1.06. The molecule has 4 heteroatoms. The molecule has 12 heavy (non-hydrogen) atoms. The first-order valence-corrected chi connectivity index (χ1v) is 4.08. The predicted octanol–water partition coefficient (Wildman–Crippen LogP) is 0.868. The fourth-order valence-electron chi connectivity index (χ4n) is 1.76. The Morgan fingerprint density at radius 2 is 2.25 bits per heavy atom. The normalized spacial score (nSPS) is 34.6. The Kier molecular flexibility index (Phi) is 2.68. The van der Waals surface area contributed by atoms with Gasteiger partial charge in [-0.1, -0.05) is 6.92 Å². The van der Waals surface area contributed by atoms with Crippen molar-refractivity contribution in [2.45, 2.75) is 25.8 Å². The average molecular weight is 171 g/mol. The molecule has 0 heterocycles. The molecular weight excluding hydrogens is 158 g/mol. The third-order valence-corrected chi connectivity index (χ3v) is 2.45. The zero-order valence-electron chi connectivity index (χ0n) is 6.99. The second kappa shape index (κ2) is 3.56. The van der Waals surface area contributed by atoms with Crippen molar-refractivity contribution in [1.29, 1.82) is 0 Å². The monoisotopic (exact) mass is 171 g/mol. The number of hydrogen-bond acceptors (Lipinski definition) is 2. The topological polar surface area (TPSA) is 66.4 Å². The van der Waals surface area contributed by atoms with Crippen LogP contribution in [0.15, 0.2) is 0 Å². The Labute approximate surface area is 71.0 Å². The summed E-state index contributed by atoms with van der Waals surface area (Å²) in [5, 5.41) is 10.8. The molecule has 0 saturated heterocycles. The highest BCUT2D eigenvalue weighted by molar-refractivity contribution is 5.65. The van der Waals surface area contributed by atoms with E-state index in [0.29, 0.717) is 12.3 Å². The lowest BCUT2D eigenvalue weighted by atomic mass is 10.0. The lowest BCUT2D eigenvalue weighted by molar-refractivity contribution is -0.111. The van der Waals surface area contributed by atoms with Gasteiger partial charge in [-0.05, 0) is 18.8 Å². The van der Waals surface area contributed by atoms with Gasteiger partial charge in [-0.15, -0.1) is 0 Å². The molecule has 1 aliphatic rings. The minimum absolute atomic E-state index is 0.0295. The second-order valence-corrected chi connectivity index (χ2v) is 3.40. The summed E-state index contributed by atoms with van der Waals surface area (Å²) in [6.07, 6.45) is 1.35. The second-order valence-electron chi connectivity index (χ2n) is 3.40. The van der Waals surface area contributed by atoms with Crippen LogP contribution in [0.1, 0.15) is 19.8 Å². The van der Waals surface area contributed by atoms with Crippen LogP contribution in [0.5, 0.6) is 0 Å². The molecule has 1 aliphatic carbocycles. The van der Waals surface area contributed by atoms with Gasteiger partial charge in [0, 0.05) is 12.0 Å². The molecule has 0 aromatic rings. The van der Waals surface area contributed by atoms with Crippen LogP contribution >= 0.6 is 0 Å². The van der Waals surface area contributed by atoms with Crippen LogP contribution in [-0.2, 0) is 4.79 Å². The van der Waals surface area contributed by atoms with Gasteiger partial charge in [0.15, 0.2) is 0 Å². The lowest BCUT2D eigenvalue weighted by Gasteiger charge is -2.07. The summed E-state index contributed by atoms with van der Waals surface area (Å²) in [5.74, 6) is 0.334. The summed E-state index contributed by atoms with van der Waals surface area (Å²) >= 11 is 0. The molecule has 0 bridgehead atoms. The van der Waals surface area contributed by atoms with Crippen molar-refractivity contribution in [1.82, 2.24) is 5.32 Å². The average Bonchev–Trinajstić information content (AvgIpc) is 2.29.